The van der Waals surface area contributed by atoms with Gasteiger partial charge in [-0.05, 0) is 83.0 Å². The van der Waals surface area contributed by atoms with Crippen LogP contribution in [0.5, 0.6) is 17.2 Å². The summed E-state index contributed by atoms with van der Waals surface area (Å²) in [5.41, 5.74) is 1.25. The first-order valence-electron chi connectivity index (χ1n) is 12.0. The quantitative estimate of drug-likeness (QED) is 0.145. The van der Waals surface area contributed by atoms with Crippen molar-refractivity contribution < 1.29 is 28.6 Å². The number of barbiturate groups is 1. The fourth-order valence-electron chi connectivity index (χ4n) is 3.77. The molecule has 1 aliphatic heterocycles. The van der Waals surface area contributed by atoms with E-state index in [4.69, 9.17) is 37.4 Å². The van der Waals surface area contributed by atoms with Crippen molar-refractivity contribution in [1.82, 2.24) is 5.32 Å². The van der Waals surface area contributed by atoms with Gasteiger partial charge in [-0.15, -0.1) is 0 Å². The Balaban J connectivity index is 1.56. The molecule has 8 nitrogen and oxygen atoms in total. The molecule has 0 aliphatic carbocycles. The fourth-order valence-corrected chi connectivity index (χ4v) is 4.80. The molecule has 206 valence electrons. The van der Waals surface area contributed by atoms with Gasteiger partial charge in [-0.3, -0.25) is 14.9 Å². The molecule has 1 aliphatic rings. The van der Waals surface area contributed by atoms with Crippen LogP contribution in [0.4, 0.5) is 10.5 Å². The summed E-state index contributed by atoms with van der Waals surface area (Å²) in [4.78, 5) is 39.5. The van der Waals surface area contributed by atoms with Gasteiger partial charge in [0, 0.05) is 15.6 Å². The summed E-state index contributed by atoms with van der Waals surface area (Å²) in [6.45, 7) is 6.28. The van der Waals surface area contributed by atoms with E-state index in [9.17, 15) is 14.4 Å². The van der Waals surface area contributed by atoms with Crippen molar-refractivity contribution in [3.8, 4) is 17.2 Å². The number of hydrogen-bond donors (Lipinski definition) is 1. The minimum atomic E-state index is -0.863. The summed E-state index contributed by atoms with van der Waals surface area (Å²) >= 11 is 15.6. The molecule has 4 rings (SSSR count). The van der Waals surface area contributed by atoms with Crippen LogP contribution in [0.25, 0.3) is 6.08 Å². The minimum absolute atomic E-state index is 0.191. The lowest BCUT2D eigenvalue weighted by Crippen LogP contribution is -2.54. The number of hydrogen-bond acceptors (Lipinski definition) is 6. The number of rotatable bonds is 10. The standard InChI is InChI=1S/C29H23BrCl2N2O6/c1-3-11-39-26-23(30)13-17(14-25(26)38-4-2)12-22-27(35)33-29(37)34(28(22)36)20-7-9-21(10-8-20)40-16-18-5-6-19(31)15-24(18)32/h3,5-10,12-15H,1,4,11,16H2,2H3,(H,33,35,37)/b22-12+. The lowest BCUT2D eigenvalue weighted by molar-refractivity contribution is -0.122. The van der Waals surface area contributed by atoms with Crippen LogP contribution in [0.15, 0.2) is 77.3 Å². The molecule has 0 bridgehead atoms. The molecule has 4 amide bonds. The van der Waals surface area contributed by atoms with Crippen LogP contribution < -0.4 is 24.4 Å². The smallest absolute Gasteiger partial charge is 0.335 e. The van der Waals surface area contributed by atoms with E-state index in [2.05, 4.69) is 27.8 Å². The fraction of sp³-hybridized carbons (Fsp3) is 0.138. The number of anilines is 1. The van der Waals surface area contributed by atoms with Crippen molar-refractivity contribution in [3.05, 3.63) is 98.5 Å². The van der Waals surface area contributed by atoms with Crippen LogP contribution in [0, 0.1) is 0 Å². The van der Waals surface area contributed by atoms with E-state index in [-0.39, 0.29) is 24.5 Å². The van der Waals surface area contributed by atoms with Crippen molar-refractivity contribution >= 4 is 68.7 Å². The summed E-state index contributed by atoms with van der Waals surface area (Å²) in [5, 5.41) is 3.21. The number of benzene rings is 3. The molecule has 3 aromatic rings. The van der Waals surface area contributed by atoms with Gasteiger partial charge in [-0.25, -0.2) is 9.69 Å². The van der Waals surface area contributed by atoms with Gasteiger partial charge in [0.15, 0.2) is 11.5 Å². The van der Waals surface area contributed by atoms with Gasteiger partial charge in [0.25, 0.3) is 11.8 Å². The Labute approximate surface area is 249 Å². The number of nitrogens with one attached hydrogen (secondary N) is 1. The summed E-state index contributed by atoms with van der Waals surface area (Å²) in [6, 6.07) is 13.8. The maximum atomic E-state index is 13.4. The topological polar surface area (TPSA) is 94.2 Å². The minimum Gasteiger partial charge on any atom is -0.490 e. The number of imide groups is 2. The molecule has 1 saturated heterocycles. The van der Waals surface area contributed by atoms with Crippen molar-refractivity contribution in [3.63, 3.8) is 0 Å². The summed E-state index contributed by atoms with van der Waals surface area (Å²) in [5.74, 6) is -0.236. The lowest BCUT2D eigenvalue weighted by atomic mass is 10.1. The van der Waals surface area contributed by atoms with Crippen LogP contribution in [-0.2, 0) is 16.2 Å². The van der Waals surface area contributed by atoms with Crippen molar-refractivity contribution in [2.24, 2.45) is 0 Å². The molecule has 0 radical (unpaired) electrons. The number of urea groups is 1. The third kappa shape index (κ3) is 6.67. The van der Waals surface area contributed by atoms with Gasteiger partial charge in [-0.1, -0.05) is 41.9 Å². The monoisotopic (exact) mass is 644 g/mol. The molecule has 0 spiro atoms. The van der Waals surface area contributed by atoms with Gasteiger partial charge < -0.3 is 14.2 Å². The zero-order valence-electron chi connectivity index (χ0n) is 21.2. The number of carbonyl (C=O) groups is 3. The first-order valence-corrected chi connectivity index (χ1v) is 13.5. The van der Waals surface area contributed by atoms with E-state index >= 15 is 0 Å². The van der Waals surface area contributed by atoms with Gasteiger partial charge in [-0.2, -0.15) is 0 Å². The molecule has 0 saturated carbocycles. The highest BCUT2D eigenvalue weighted by Crippen LogP contribution is 2.38. The van der Waals surface area contributed by atoms with E-state index in [1.54, 1.807) is 60.7 Å². The molecule has 1 N–H and O–H groups in total. The zero-order chi connectivity index (χ0) is 28.8. The van der Waals surface area contributed by atoms with E-state index in [1.165, 1.54) is 6.08 Å². The molecule has 1 fully saturated rings. The normalized spacial score (nSPS) is 14.2. The second-order valence-corrected chi connectivity index (χ2v) is 10.0. The predicted molar refractivity (Wildman–Crippen MR) is 157 cm³/mol. The Morgan fingerprint density at radius 2 is 1.75 bits per heavy atom. The highest BCUT2D eigenvalue weighted by molar-refractivity contribution is 9.10. The third-order valence-electron chi connectivity index (χ3n) is 5.59. The average Bonchev–Trinajstić information content (AvgIpc) is 2.91. The number of carbonyl (C=O) groups excluding carboxylic acids is 3. The summed E-state index contributed by atoms with van der Waals surface area (Å²) in [6.07, 6.45) is 2.98. The second-order valence-electron chi connectivity index (χ2n) is 8.34. The molecule has 0 unspecified atom stereocenters. The first kappa shape index (κ1) is 29.2. The maximum Gasteiger partial charge on any atom is 0.335 e. The summed E-state index contributed by atoms with van der Waals surface area (Å²) in [7, 11) is 0. The Morgan fingerprint density at radius 1 is 1.00 bits per heavy atom. The van der Waals surface area contributed by atoms with Crippen molar-refractivity contribution in [1.29, 1.82) is 0 Å². The van der Waals surface area contributed by atoms with E-state index in [0.29, 0.717) is 43.9 Å². The highest BCUT2D eigenvalue weighted by atomic mass is 79.9. The van der Waals surface area contributed by atoms with Crippen LogP contribution >= 0.6 is 39.1 Å². The molecular formula is C29H23BrCl2N2O6. The number of halogens is 3. The maximum absolute atomic E-state index is 13.4. The lowest BCUT2D eigenvalue weighted by Gasteiger charge is -2.26. The van der Waals surface area contributed by atoms with Crippen LogP contribution in [0.2, 0.25) is 10.0 Å². The van der Waals surface area contributed by atoms with E-state index in [0.717, 1.165) is 10.5 Å². The highest BCUT2D eigenvalue weighted by Gasteiger charge is 2.37. The zero-order valence-corrected chi connectivity index (χ0v) is 24.3. The van der Waals surface area contributed by atoms with Crippen molar-refractivity contribution in [2.45, 2.75) is 13.5 Å². The molecule has 0 aromatic heterocycles. The van der Waals surface area contributed by atoms with Crippen LogP contribution in [-0.4, -0.2) is 31.1 Å². The Bertz CT molecular complexity index is 1510. The first-order chi connectivity index (χ1) is 19.2. The van der Waals surface area contributed by atoms with Gasteiger partial charge in [0.1, 0.15) is 24.5 Å². The number of amides is 4. The second kappa shape index (κ2) is 13.0. The van der Waals surface area contributed by atoms with Gasteiger partial charge in [0.05, 0.1) is 16.8 Å². The van der Waals surface area contributed by atoms with E-state index in [1.807, 2.05) is 6.92 Å². The number of nitrogens with zero attached hydrogens (tertiary/aromatic N) is 1. The largest absolute Gasteiger partial charge is 0.490 e. The van der Waals surface area contributed by atoms with Crippen molar-refractivity contribution in [2.75, 3.05) is 18.1 Å². The van der Waals surface area contributed by atoms with E-state index < -0.39 is 17.8 Å². The Kier molecular flexibility index (Phi) is 9.52. The predicted octanol–water partition coefficient (Wildman–Crippen LogP) is 6.96. The average molecular weight is 646 g/mol. The molecule has 1 heterocycles. The van der Waals surface area contributed by atoms with Gasteiger partial charge in [0.2, 0.25) is 0 Å². The van der Waals surface area contributed by atoms with Crippen LogP contribution in [0.3, 0.4) is 0 Å². The third-order valence-corrected chi connectivity index (χ3v) is 6.77. The Hall–Kier alpha value is -3.79. The molecule has 0 atom stereocenters. The van der Waals surface area contributed by atoms with Gasteiger partial charge >= 0.3 is 6.03 Å². The summed E-state index contributed by atoms with van der Waals surface area (Å²) < 4.78 is 17.7. The SMILES string of the molecule is C=CCOc1c(Br)cc(/C=C2\C(=O)NC(=O)N(c3ccc(OCc4ccc(Cl)cc4Cl)cc3)C2=O)cc1OCC. The molecule has 11 heteroatoms. The molecular weight excluding hydrogens is 623 g/mol. The Morgan fingerprint density at radius 3 is 2.42 bits per heavy atom. The molecule has 3 aromatic carbocycles. The molecule has 40 heavy (non-hydrogen) atoms. The van der Waals surface area contributed by atoms with Crippen LogP contribution in [0.1, 0.15) is 18.1 Å². The number of ether oxygens (including phenoxy) is 3.